The topological polar surface area (TPSA) is 12.4 Å². The largest absolute Gasteiger partial charge is 0.416 e. The molecule has 0 aliphatic rings. The molecule has 0 amide bonds. The molecule has 0 aliphatic carbocycles. The van der Waals surface area contributed by atoms with Crippen LogP contribution in [0.2, 0.25) is 10.0 Å². The summed E-state index contributed by atoms with van der Waals surface area (Å²) in [6.45, 7) is 0. The van der Waals surface area contributed by atoms with Crippen molar-refractivity contribution < 1.29 is 13.2 Å². The quantitative estimate of drug-likeness (QED) is 0.624. The first-order chi connectivity index (χ1) is 9.38. The number of halogens is 5. The molecule has 0 saturated carbocycles. The lowest BCUT2D eigenvalue weighted by Crippen LogP contribution is -2.03. The van der Waals surface area contributed by atoms with Crippen LogP contribution in [-0.2, 0) is 6.18 Å². The van der Waals surface area contributed by atoms with E-state index in [4.69, 9.17) is 23.2 Å². The van der Waals surface area contributed by atoms with Gasteiger partial charge < -0.3 is 0 Å². The lowest BCUT2D eigenvalue weighted by molar-refractivity contribution is -0.137. The molecule has 20 heavy (non-hydrogen) atoms. The molecular formula is C14H8Cl2F3N. The predicted octanol–water partition coefficient (Wildman–Crippen LogP) is 5.76. The summed E-state index contributed by atoms with van der Waals surface area (Å²) in [7, 11) is 0. The van der Waals surface area contributed by atoms with Crippen molar-refractivity contribution in [1.29, 1.82) is 0 Å². The normalized spacial score (nSPS) is 12.1. The van der Waals surface area contributed by atoms with Gasteiger partial charge in [0.1, 0.15) is 0 Å². The highest BCUT2D eigenvalue weighted by molar-refractivity contribution is 6.38. The van der Waals surface area contributed by atoms with Crippen molar-refractivity contribution in [2.75, 3.05) is 0 Å². The minimum Gasteiger partial charge on any atom is -0.256 e. The Balaban J connectivity index is 2.33. The maximum atomic E-state index is 12.6. The molecule has 0 bridgehead atoms. The number of alkyl halides is 3. The fourth-order valence-electron chi connectivity index (χ4n) is 1.54. The first-order valence-corrected chi connectivity index (χ1v) is 6.29. The van der Waals surface area contributed by atoms with Crippen LogP contribution in [0.25, 0.3) is 0 Å². The van der Waals surface area contributed by atoms with Gasteiger partial charge in [0.05, 0.1) is 21.3 Å². The highest BCUT2D eigenvalue weighted by Gasteiger charge is 2.30. The Morgan fingerprint density at radius 1 is 0.950 bits per heavy atom. The van der Waals surface area contributed by atoms with Crippen LogP contribution < -0.4 is 0 Å². The van der Waals surface area contributed by atoms with Gasteiger partial charge in [-0.25, -0.2) is 0 Å². The highest BCUT2D eigenvalue weighted by atomic mass is 35.5. The van der Waals surface area contributed by atoms with Gasteiger partial charge in [0.15, 0.2) is 0 Å². The molecule has 0 saturated heterocycles. The van der Waals surface area contributed by atoms with Gasteiger partial charge >= 0.3 is 6.18 Å². The van der Waals surface area contributed by atoms with Crippen LogP contribution in [-0.4, -0.2) is 6.21 Å². The van der Waals surface area contributed by atoms with Gasteiger partial charge in [-0.2, -0.15) is 13.2 Å². The molecule has 0 unspecified atom stereocenters. The zero-order chi connectivity index (χ0) is 14.8. The van der Waals surface area contributed by atoms with Gasteiger partial charge in [0.25, 0.3) is 0 Å². The van der Waals surface area contributed by atoms with Crippen LogP contribution in [0.3, 0.4) is 0 Å². The van der Waals surface area contributed by atoms with Crippen LogP contribution in [0.15, 0.2) is 47.5 Å². The van der Waals surface area contributed by atoms with Crippen LogP contribution >= 0.6 is 23.2 Å². The fourth-order valence-corrected chi connectivity index (χ4v) is 2.03. The summed E-state index contributed by atoms with van der Waals surface area (Å²) in [5, 5.41) is 0.765. The van der Waals surface area contributed by atoms with E-state index in [0.29, 0.717) is 15.6 Å². The van der Waals surface area contributed by atoms with E-state index < -0.39 is 11.7 Å². The molecule has 104 valence electrons. The van der Waals surface area contributed by atoms with Gasteiger partial charge in [0.2, 0.25) is 0 Å². The van der Waals surface area contributed by atoms with Crippen LogP contribution in [0, 0.1) is 0 Å². The van der Waals surface area contributed by atoms with Gasteiger partial charge in [-0.1, -0.05) is 35.3 Å². The van der Waals surface area contributed by atoms with Gasteiger partial charge in [-0.3, -0.25) is 4.99 Å². The van der Waals surface area contributed by atoms with E-state index in [2.05, 4.69) is 4.99 Å². The molecule has 2 rings (SSSR count). The summed E-state index contributed by atoms with van der Waals surface area (Å²) in [6, 6.07) is 9.64. The Bertz CT molecular complexity index is 631. The molecule has 2 aromatic carbocycles. The first kappa shape index (κ1) is 14.9. The van der Waals surface area contributed by atoms with Gasteiger partial charge in [-0.05, 0) is 30.3 Å². The molecule has 2 aromatic rings. The van der Waals surface area contributed by atoms with Crippen molar-refractivity contribution in [3.05, 3.63) is 63.6 Å². The summed E-state index contributed by atoms with van der Waals surface area (Å²) < 4.78 is 37.7. The van der Waals surface area contributed by atoms with Gasteiger partial charge in [-0.15, -0.1) is 0 Å². The monoisotopic (exact) mass is 317 g/mol. The molecule has 0 heterocycles. The molecule has 0 atom stereocenters. The number of rotatable bonds is 2. The van der Waals surface area contributed by atoms with Crippen LogP contribution in [0.5, 0.6) is 0 Å². The minimum atomic E-state index is -4.40. The summed E-state index contributed by atoms with van der Waals surface area (Å²) in [5.74, 6) is 0. The van der Waals surface area contributed by atoms with E-state index in [1.165, 1.54) is 18.3 Å². The average Bonchev–Trinajstić information content (AvgIpc) is 2.37. The van der Waals surface area contributed by atoms with Crippen molar-refractivity contribution in [2.24, 2.45) is 4.99 Å². The minimum absolute atomic E-state index is 0.177. The van der Waals surface area contributed by atoms with E-state index >= 15 is 0 Å². The Morgan fingerprint density at radius 2 is 1.55 bits per heavy atom. The molecular weight excluding hydrogens is 310 g/mol. The molecule has 6 heteroatoms. The second-order valence-electron chi connectivity index (χ2n) is 3.94. The molecule has 0 radical (unpaired) electrons. The number of aliphatic imine (C=N–C) groups is 1. The Kier molecular flexibility index (Phi) is 4.35. The number of hydrogen-bond acceptors (Lipinski definition) is 1. The summed E-state index contributed by atoms with van der Waals surface area (Å²) >= 11 is 11.9. The van der Waals surface area contributed by atoms with Crippen LogP contribution in [0.1, 0.15) is 11.1 Å². The molecule has 0 N–H and O–H groups in total. The SMILES string of the molecule is FC(F)(F)c1cccc(N=Cc2c(Cl)cccc2Cl)c1. The van der Waals surface area contributed by atoms with Crippen molar-refractivity contribution in [3.8, 4) is 0 Å². The van der Waals surface area contributed by atoms with Crippen molar-refractivity contribution in [2.45, 2.75) is 6.18 Å². The maximum absolute atomic E-state index is 12.6. The number of nitrogens with zero attached hydrogens (tertiary/aromatic N) is 1. The van der Waals surface area contributed by atoms with E-state index in [9.17, 15) is 13.2 Å². The predicted molar refractivity (Wildman–Crippen MR) is 75.2 cm³/mol. The molecule has 0 aromatic heterocycles. The zero-order valence-corrected chi connectivity index (χ0v) is 11.5. The summed E-state index contributed by atoms with van der Waals surface area (Å²) in [6.07, 6.45) is -3.05. The third kappa shape index (κ3) is 3.52. The standard InChI is InChI=1S/C14H8Cl2F3N/c15-12-5-2-6-13(16)11(12)8-20-10-4-1-3-9(7-10)14(17,18)19/h1-8H. The van der Waals surface area contributed by atoms with E-state index in [1.54, 1.807) is 18.2 Å². The van der Waals surface area contributed by atoms with E-state index in [1.807, 2.05) is 0 Å². The van der Waals surface area contributed by atoms with Crippen LogP contribution in [0.4, 0.5) is 18.9 Å². The second kappa shape index (κ2) is 5.85. The third-order valence-electron chi connectivity index (χ3n) is 2.52. The average molecular weight is 318 g/mol. The van der Waals surface area contributed by atoms with Crippen molar-refractivity contribution >= 4 is 35.1 Å². The smallest absolute Gasteiger partial charge is 0.256 e. The molecule has 0 spiro atoms. The highest BCUT2D eigenvalue weighted by Crippen LogP contribution is 2.31. The zero-order valence-electron chi connectivity index (χ0n) is 9.96. The molecule has 0 aliphatic heterocycles. The lowest BCUT2D eigenvalue weighted by Gasteiger charge is -2.06. The first-order valence-electron chi connectivity index (χ1n) is 5.53. The van der Waals surface area contributed by atoms with Crippen molar-refractivity contribution in [1.82, 2.24) is 0 Å². The molecule has 0 fully saturated rings. The number of benzene rings is 2. The molecule has 1 nitrogen and oxygen atoms in total. The van der Waals surface area contributed by atoms with E-state index in [0.717, 1.165) is 12.1 Å². The van der Waals surface area contributed by atoms with Gasteiger partial charge in [0, 0.05) is 11.8 Å². The third-order valence-corrected chi connectivity index (χ3v) is 3.18. The second-order valence-corrected chi connectivity index (χ2v) is 4.76. The maximum Gasteiger partial charge on any atom is 0.416 e. The van der Waals surface area contributed by atoms with Crippen molar-refractivity contribution in [3.63, 3.8) is 0 Å². The fraction of sp³-hybridized carbons (Fsp3) is 0.0714. The number of hydrogen-bond donors (Lipinski definition) is 0. The summed E-state index contributed by atoms with van der Waals surface area (Å²) in [5.41, 5.74) is -0.110. The Morgan fingerprint density at radius 3 is 2.15 bits per heavy atom. The Hall–Kier alpha value is -1.52. The lowest BCUT2D eigenvalue weighted by atomic mass is 10.2. The van der Waals surface area contributed by atoms with E-state index in [-0.39, 0.29) is 5.69 Å². The summed E-state index contributed by atoms with van der Waals surface area (Å²) in [4.78, 5) is 3.98. The Labute approximate surface area is 123 Å².